The van der Waals surface area contributed by atoms with E-state index in [1.165, 1.54) is 19.2 Å². The summed E-state index contributed by atoms with van der Waals surface area (Å²) in [7, 11) is 1.46. The lowest BCUT2D eigenvalue weighted by Gasteiger charge is -2.26. The maximum atomic E-state index is 10.8. The van der Waals surface area contributed by atoms with Crippen molar-refractivity contribution in [1.82, 2.24) is 10.2 Å². The first-order chi connectivity index (χ1) is 11.1. The number of ether oxygens (including phenoxy) is 2. The number of morpholine rings is 1. The van der Waals surface area contributed by atoms with Crippen LogP contribution >= 0.6 is 12.2 Å². The second kappa shape index (κ2) is 8.61. The van der Waals surface area contributed by atoms with Crippen molar-refractivity contribution in [2.24, 2.45) is 0 Å². The summed E-state index contributed by atoms with van der Waals surface area (Å²) in [5.74, 6) is 0.372. The molecular weight excluding hydrogens is 320 g/mol. The molecule has 0 saturated carbocycles. The van der Waals surface area contributed by atoms with Gasteiger partial charge in [-0.15, -0.1) is 0 Å². The van der Waals surface area contributed by atoms with E-state index >= 15 is 0 Å². The molecular formula is C14H20N4O4S. The molecule has 0 bridgehead atoms. The maximum absolute atomic E-state index is 10.8. The number of anilines is 1. The molecule has 2 rings (SSSR count). The highest BCUT2D eigenvalue weighted by Gasteiger charge is 2.13. The molecule has 2 N–H and O–H groups in total. The monoisotopic (exact) mass is 340 g/mol. The summed E-state index contributed by atoms with van der Waals surface area (Å²) in [4.78, 5) is 12.6. The average Bonchev–Trinajstić information content (AvgIpc) is 2.56. The fourth-order valence-electron chi connectivity index (χ4n) is 2.22. The summed E-state index contributed by atoms with van der Waals surface area (Å²) in [5.41, 5.74) is 0.556. The molecule has 1 fully saturated rings. The summed E-state index contributed by atoms with van der Waals surface area (Å²) >= 11 is 5.24. The van der Waals surface area contributed by atoms with E-state index in [1.807, 2.05) is 0 Å². The Kier molecular flexibility index (Phi) is 6.51. The number of nitro benzene ring substituents is 1. The summed E-state index contributed by atoms with van der Waals surface area (Å²) < 4.78 is 10.5. The van der Waals surface area contributed by atoms with Crippen LogP contribution in [0.2, 0.25) is 0 Å². The number of non-ortho nitro benzene ring substituents is 1. The number of nitro groups is 1. The van der Waals surface area contributed by atoms with Crippen LogP contribution in [0.15, 0.2) is 18.2 Å². The van der Waals surface area contributed by atoms with Gasteiger partial charge in [-0.25, -0.2) is 0 Å². The van der Waals surface area contributed by atoms with Crippen LogP contribution in [0.3, 0.4) is 0 Å². The molecule has 1 saturated heterocycles. The average molecular weight is 340 g/mol. The molecule has 23 heavy (non-hydrogen) atoms. The van der Waals surface area contributed by atoms with Crippen molar-refractivity contribution in [3.05, 3.63) is 28.3 Å². The Hall–Kier alpha value is -1.97. The molecule has 0 spiro atoms. The molecule has 1 aliphatic rings. The topological polar surface area (TPSA) is 88.9 Å². The minimum Gasteiger partial charge on any atom is -0.494 e. The van der Waals surface area contributed by atoms with Crippen molar-refractivity contribution in [3.8, 4) is 5.75 Å². The number of hydrogen-bond acceptors (Lipinski definition) is 6. The van der Waals surface area contributed by atoms with Crippen molar-refractivity contribution in [3.63, 3.8) is 0 Å². The zero-order valence-corrected chi connectivity index (χ0v) is 13.7. The minimum atomic E-state index is -0.467. The first kappa shape index (κ1) is 17.4. The van der Waals surface area contributed by atoms with Gasteiger partial charge in [0, 0.05) is 32.2 Å². The Bertz CT molecular complexity index is 564. The van der Waals surface area contributed by atoms with E-state index in [9.17, 15) is 10.1 Å². The summed E-state index contributed by atoms with van der Waals surface area (Å²) in [6.07, 6.45) is 0. The van der Waals surface area contributed by atoms with Crippen LogP contribution < -0.4 is 15.4 Å². The van der Waals surface area contributed by atoms with Gasteiger partial charge < -0.3 is 20.1 Å². The lowest BCUT2D eigenvalue weighted by atomic mass is 10.2. The van der Waals surface area contributed by atoms with Crippen LogP contribution in [0, 0.1) is 10.1 Å². The van der Waals surface area contributed by atoms with Crippen LogP contribution in [-0.4, -0.2) is 61.4 Å². The lowest BCUT2D eigenvalue weighted by molar-refractivity contribution is -0.384. The highest BCUT2D eigenvalue weighted by molar-refractivity contribution is 7.80. The second-order valence-electron chi connectivity index (χ2n) is 4.98. The Balaban J connectivity index is 1.83. The predicted octanol–water partition coefficient (Wildman–Crippen LogP) is 1.22. The largest absolute Gasteiger partial charge is 0.494 e. The van der Waals surface area contributed by atoms with E-state index in [4.69, 9.17) is 21.7 Å². The fourth-order valence-corrected chi connectivity index (χ4v) is 2.43. The van der Waals surface area contributed by atoms with Gasteiger partial charge in [-0.1, -0.05) is 0 Å². The Morgan fingerprint density at radius 3 is 2.87 bits per heavy atom. The lowest BCUT2D eigenvalue weighted by Crippen LogP contribution is -2.42. The van der Waals surface area contributed by atoms with Crippen molar-refractivity contribution in [2.45, 2.75) is 0 Å². The predicted molar refractivity (Wildman–Crippen MR) is 91.1 cm³/mol. The number of methoxy groups -OCH3 is 1. The first-order valence-electron chi connectivity index (χ1n) is 7.27. The molecule has 0 atom stereocenters. The molecule has 1 heterocycles. The SMILES string of the molecule is COc1cc([N+](=O)[O-])ccc1NC(=S)NCCN1CCOCC1. The number of rotatable bonds is 6. The molecule has 0 amide bonds. The molecule has 8 nitrogen and oxygen atoms in total. The zero-order chi connectivity index (χ0) is 16.7. The number of benzene rings is 1. The van der Waals surface area contributed by atoms with Crippen LogP contribution in [-0.2, 0) is 4.74 Å². The van der Waals surface area contributed by atoms with E-state index < -0.39 is 4.92 Å². The van der Waals surface area contributed by atoms with Crippen LogP contribution in [0.4, 0.5) is 11.4 Å². The van der Waals surface area contributed by atoms with Gasteiger partial charge in [0.1, 0.15) is 5.75 Å². The Labute approximate surface area is 139 Å². The quantitative estimate of drug-likeness (QED) is 0.454. The molecule has 0 radical (unpaired) electrons. The van der Waals surface area contributed by atoms with Crippen molar-refractivity contribution < 1.29 is 14.4 Å². The Morgan fingerprint density at radius 1 is 1.48 bits per heavy atom. The van der Waals surface area contributed by atoms with Crippen molar-refractivity contribution >= 4 is 28.7 Å². The maximum Gasteiger partial charge on any atom is 0.273 e. The third-order valence-electron chi connectivity index (χ3n) is 3.46. The van der Waals surface area contributed by atoms with Gasteiger partial charge in [-0.05, 0) is 18.3 Å². The van der Waals surface area contributed by atoms with Crippen LogP contribution in [0.5, 0.6) is 5.75 Å². The number of hydrogen-bond donors (Lipinski definition) is 2. The van der Waals surface area contributed by atoms with E-state index in [0.717, 1.165) is 32.8 Å². The molecule has 0 aliphatic carbocycles. The highest BCUT2D eigenvalue weighted by atomic mass is 32.1. The molecule has 0 unspecified atom stereocenters. The smallest absolute Gasteiger partial charge is 0.273 e. The van der Waals surface area contributed by atoms with Crippen LogP contribution in [0.25, 0.3) is 0 Å². The molecule has 1 aromatic rings. The molecule has 9 heteroatoms. The van der Waals surface area contributed by atoms with E-state index in [-0.39, 0.29) is 5.69 Å². The number of thiocarbonyl (C=S) groups is 1. The van der Waals surface area contributed by atoms with Gasteiger partial charge in [0.15, 0.2) is 5.11 Å². The highest BCUT2D eigenvalue weighted by Crippen LogP contribution is 2.28. The number of nitrogens with one attached hydrogen (secondary N) is 2. The molecule has 126 valence electrons. The standard InChI is InChI=1S/C14H20N4O4S/c1-21-13-10-11(18(19)20)2-3-12(13)16-14(23)15-4-5-17-6-8-22-9-7-17/h2-3,10H,4-9H2,1H3,(H2,15,16,23). The van der Waals surface area contributed by atoms with Gasteiger partial charge in [0.25, 0.3) is 5.69 Å². The van der Waals surface area contributed by atoms with E-state index in [2.05, 4.69) is 15.5 Å². The molecule has 0 aromatic heterocycles. The number of nitrogens with zero attached hydrogens (tertiary/aromatic N) is 2. The van der Waals surface area contributed by atoms with Crippen molar-refractivity contribution in [2.75, 3.05) is 51.8 Å². The summed E-state index contributed by atoms with van der Waals surface area (Å²) in [6.45, 7) is 4.98. The summed E-state index contributed by atoms with van der Waals surface area (Å²) in [5, 5.41) is 17.3. The molecule has 1 aromatic carbocycles. The normalized spacial score (nSPS) is 15.0. The zero-order valence-electron chi connectivity index (χ0n) is 12.9. The summed E-state index contributed by atoms with van der Waals surface area (Å²) in [6, 6.07) is 4.34. The van der Waals surface area contributed by atoms with Crippen molar-refractivity contribution in [1.29, 1.82) is 0 Å². The van der Waals surface area contributed by atoms with E-state index in [1.54, 1.807) is 6.07 Å². The minimum absolute atomic E-state index is 0.0291. The second-order valence-corrected chi connectivity index (χ2v) is 5.38. The third-order valence-corrected chi connectivity index (χ3v) is 3.71. The van der Waals surface area contributed by atoms with Gasteiger partial charge in [-0.3, -0.25) is 15.0 Å². The van der Waals surface area contributed by atoms with E-state index in [0.29, 0.717) is 23.1 Å². The Morgan fingerprint density at radius 2 is 2.22 bits per heavy atom. The van der Waals surface area contributed by atoms with Gasteiger partial charge >= 0.3 is 0 Å². The van der Waals surface area contributed by atoms with Crippen LogP contribution in [0.1, 0.15) is 0 Å². The van der Waals surface area contributed by atoms with Gasteiger partial charge in [0.05, 0.1) is 37.0 Å². The van der Waals surface area contributed by atoms with Gasteiger partial charge in [-0.2, -0.15) is 0 Å². The first-order valence-corrected chi connectivity index (χ1v) is 7.68. The molecule has 1 aliphatic heterocycles. The fraction of sp³-hybridized carbons (Fsp3) is 0.500. The third kappa shape index (κ3) is 5.31. The van der Waals surface area contributed by atoms with Gasteiger partial charge in [0.2, 0.25) is 0 Å².